The number of benzene rings is 2. The second kappa shape index (κ2) is 8.36. The zero-order valence-electron chi connectivity index (χ0n) is 17.2. The first kappa shape index (κ1) is 21.4. The number of aliphatic hydroxyl groups is 1. The van der Waals surface area contributed by atoms with Crippen molar-refractivity contribution in [2.45, 2.75) is 13.0 Å². The van der Waals surface area contributed by atoms with Crippen LogP contribution in [0.3, 0.4) is 0 Å². The highest BCUT2D eigenvalue weighted by Gasteiger charge is 2.47. The van der Waals surface area contributed by atoms with Crippen LogP contribution in [0.2, 0.25) is 5.02 Å². The number of aliphatic hydroxyl groups excluding tert-OH is 1. The van der Waals surface area contributed by atoms with Crippen LogP contribution < -0.4 is 9.64 Å². The van der Waals surface area contributed by atoms with Gasteiger partial charge in [0.2, 0.25) is 0 Å². The number of aromatic nitrogens is 1. The number of carbonyl (C=O) groups is 2. The van der Waals surface area contributed by atoms with Crippen molar-refractivity contribution < 1.29 is 24.5 Å². The summed E-state index contributed by atoms with van der Waals surface area (Å²) in [5, 5.41) is 21.9. The van der Waals surface area contributed by atoms with Gasteiger partial charge in [0.1, 0.15) is 17.3 Å². The summed E-state index contributed by atoms with van der Waals surface area (Å²) in [6.07, 6.45) is 3.04. The number of carbonyl (C=O) groups excluding carboxylic acids is 2. The van der Waals surface area contributed by atoms with E-state index in [4.69, 9.17) is 16.3 Å². The fourth-order valence-electron chi connectivity index (χ4n) is 3.81. The average molecular weight is 451 g/mol. The van der Waals surface area contributed by atoms with E-state index in [-0.39, 0.29) is 27.8 Å². The Labute approximate surface area is 189 Å². The SMILES string of the molecule is COc1ccc(/C(O)=C2\C(=O)C(=O)N(c3cc(Cl)ccc3O)C2c2ccncc2)cc1C. The van der Waals surface area contributed by atoms with Crippen molar-refractivity contribution in [2.75, 3.05) is 12.0 Å². The maximum absolute atomic E-state index is 13.1. The summed E-state index contributed by atoms with van der Waals surface area (Å²) in [5.41, 5.74) is 1.59. The summed E-state index contributed by atoms with van der Waals surface area (Å²) in [5.74, 6) is -1.71. The third-order valence-electron chi connectivity index (χ3n) is 5.33. The summed E-state index contributed by atoms with van der Waals surface area (Å²) in [7, 11) is 1.54. The van der Waals surface area contributed by atoms with E-state index in [0.29, 0.717) is 16.9 Å². The van der Waals surface area contributed by atoms with Gasteiger partial charge in [-0.05, 0) is 66.6 Å². The smallest absolute Gasteiger partial charge is 0.300 e. The number of methoxy groups -OCH3 is 1. The van der Waals surface area contributed by atoms with Gasteiger partial charge in [0.25, 0.3) is 11.7 Å². The van der Waals surface area contributed by atoms with E-state index in [0.717, 1.165) is 10.5 Å². The molecule has 1 amide bonds. The third-order valence-corrected chi connectivity index (χ3v) is 5.57. The summed E-state index contributed by atoms with van der Waals surface area (Å²) >= 11 is 6.10. The molecule has 7 nitrogen and oxygen atoms in total. The van der Waals surface area contributed by atoms with Crippen LogP contribution in [0.25, 0.3) is 5.76 Å². The number of aryl methyl sites for hydroxylation is 1. The fourth-order valence-corrected chi connectivity index (χ4v) is 3.98. The first-order chi connectivity index (χ1) is 15.3. The molecule has 0 spiro atoms. The number of pyridine rings is 1. The summed E-state index contributed by atoms with van der Waals surface area (Å²) in [6.45, 7) is 1.80. The zero-order chi connectivity index (χ0) is 23.0. The van der Waals surface area contributed by atoms with Crippen LogP contribution in [0.15, 0.2) is 66.5 Å². The van der Waals surface area contributed by atoms with E-state index in [1.54, 1.807) is 37.3 Å². The number of phenolic OH excluding ortho intramolecular Hbond substituents is 1. The highest BCUT2D eigenvalue weighted by molar-refractivity contribution is 6.52. The maximum Gasteiger partial charge on any atom is 0.300 e. The third kappa shape index (κ3) is 3.56. The standard InChI is InChI=1S/C24H19ClN2O5/c1-13-11-15(3-6-19(13)32-2)22(29)20-21(14-7-9-26-10-8-14)27(24(31)23(20)30)17-12-16(25)4-5-18(17)28/h3-12,21,28-29H,1-2H3/b22-20+. The van der Waals surface area contributed by atoms with Gasteiger partial charge in [-0.2, -0.15) is 0 Å². The van der Waals surface area contributed by atoms with Gasteiger partial charge in [0.05, 0.1) is 24.4 Å². The Balaban J connectivity index is 1.96. The van der Waals surface area contributed by atoms with Gasteiger partial charge in [-0.15, -0.1) is 0 Å². The van der Waals surface area contributed by atoms with Crippen LogP contribution >= 0.6 is 11.6 Å². The van der Waals surface area contributed by atoms with E-state index in [2.05, 4.69) is 4.98 Å². The van der Waals surface area contributed by atoms with E-state index in [1.807, 2.05) is 0 Å². The Morgan fingerprint density at radius 3 is 2.47 bits per heavy atom. The molecule has 2 N–H and O–H groups in total. The number of Topliss-reactive ketones (excluding diaryl/α,β-unsaturated/α-hetero) is 1. The molecule has 3 aromatic rings. The molecule has 32 heavy (non-hydrogen) atoms. The van der Waals surface area contributed by atoms with Crippen molar-refractivity contribution in [3.63, 3.8) is 0 Å². The molecule has 1 aromatic heterocycles. The highest BCUT2D eigenvalue weighted by atomic mass is 35.5. The number of rotatable bonds is 4. The minimum atomic E-state index is -0.996. The molecule has 1 atom stereocenters. The van der Waals surface area contributed by atoms with Crippen molar-refractivity contribution >= 4 is 34.7 Å². The predicted molar refractivity (Wildman–Crippen MR) is 120 cm³/mol. The Kier molecular flexibility index (Phi) is 5.59. The van der Waals surface area contributed by atoms with Gasteiger partial charge in [0.15, 0.2) is 0 Å². The maximum atomic E-state index is 13.1. The van der Waals surface area contributed by atoms with Crippen molar-refractivity contribution in [1.82, 2.24) is 4.98 Å². The topological polar surface area (TPSA) is 100.0 Å². The van der Waals surface area contributed by atoms with Crippen molar-refractivity contribution in [2.24, 2.45) is 0 Å². The molecule has 0 aliphatic carbocycles. The summed E-state index contributed by atoms with van der Waals surface area (Å²) < 4.78 is 5.26. The Morgan fingerprint density at radius 1 is 1.09 bits per heavy atom. The molecule has 4 rings (SSSR count). The molecule has 1 aliphatic rings. The normalized spacial score (nSPS) is 17.6. The van der Waals surface area contributed by atoms with Crippen LogP contribution in [0.4, 0.5) is 5.69 Å². The monoisotopic (exact) mass is 450 g/mol. The predicted octanol–water partition coefficient (Wildman–Crippen LogP) is 4.38. The summed E-state index contributed by atoms with van der Waals surface area (Å²) in [4.78, 5) is 31.4. The zero-order valence-corrected chi connectivity index (χ0v) is 18.0. The Hall–Kier alpha value is -3.84. The number of ether oxygens (including phenoxy) is 1. The first-order valence-corrected chi connectivity index (χ1v) is 10.1. The number of hydrogen-bond acceptors (Lipinski definition) is 6. The minimum absolute atomic E-state index is 0.0615. The molecule has 1 unspecified atom stereocenters. The first-order valence-electron chi connectivity index (χ1n) is 9.68. The molecule has 8 heteroatoms. The van der Waals surface area contributed by atoms with Gasteiger partial charge < -0.3 is 14.9 Å². The van der Waals surface area contributed by atoms with E-state index in [9.17, 15) is 19.8 Å². The molecule has 0 radical (unpaired) electrons. The van der Waals surface area contributed by atoms with E-state index in [1.165, 1.54) is 37.7 Å². The van der Waals surface area contributed by atoms with Crippen LogP contribution in [0.1, 0.15) is 22.7 Å². The Bertz CT molecular complexity index is 1260. The van der Waals surface area contributed by atoms with Crippen LogP contribution in [0.5, 0.6) is 11.5 Å². The fraction of sp³-hybridized carbons (Fsp3) is 0.125. The van der Waals surface area contributed by atoms with Gasteiger partial charge in [-0.1, -0.05) is 11.6 Å². The molecule has 1 aliphatic heterocycles. The second-order valence-corrected chi connectivity index (χ2v) is 7.70. The van der Waals surface area contributed by atoms with Crippen LogP contribution in [-0.2, 0) is 9.59 Å². The molecule has 1 saturated heterocycles. The Morgan fingerprint density at radius 2 is 1.81 bits per heavy atom. The van der Waals surface area contributed by atoms with Crippen molar-refractivity contribution in [3.05, 3.63) is 88.2 Å². The molecular formula is C24H19ClN2O5. The average Bonchev–Trinajstić information content (AvgIpc) is 3.06. The highest BCUT2D eigenvalue weighted by Crippen LogP contribution is 2.45. The molecule has 2 heterocycles. The molecule has 2 aromatic carbocycles. The lowest BCUT2D eigenvalue weighted by atomic mass is 9.95. The van der Waals surface area contributed by atoms with Crippen LogP contribution in [0, 0.1) is 6.92 Å². The van der Waals surface area contributed by atoms with Crippen LogP contribution in [-0.4, -0.2) is 34.0 Å². The molecule has 0 bridgehead atoms. The molecule has 0 saturated carbocycles. The van der Waals surface area contributed by atoms with Crippen molar-refractivity contribution in [1.29, 1.82) is 0 Å². The molecular weight excluding hydrogens is 432 g/mol. The number of hydrogen-bond donors (Lipinski definition) is 2. The number of amides is 1. The number of nitrogens with zero attached hydrogens (tertiary/aromatic N) is 2. The minimum Gasteiger partial charge on any atom is -0.507 e. The van der Waals surface area contributed by atoms with Gasteiger partial charge in [-0.25, -0.2) is 0 Å². The van der Waals surface area contributed by atoms with Gasteiger partial charge >= 0.3 is 0 Å². The lowest BCUT2D eigenvalue weighted by Crippen LogP contribution is -2.29. The summed E-state index contributed by atoms with van der Waals surface area (Å²) in [6, 6.07) is 11.4. The quantitative estimate of drug-likeness (QED) is 0.347. The number of aromatic hydroxyl groups is 1. The molecule has 162 valence electrons. The van der Waals surface area contributed by atoms with E-state index >= 15 is 0 Å². The molecule has 1 fully saturated rings. The largest absolute Gasteiger partial charge is 0.507 e. The lowest BCUT2D eigenvalue weighted by molar-refractivity contribution is -0.132. The van der Waals surface area contributed by atoms with Gasteiger partial charge in [-0.3, -0.25) is 19.5 Å². The number of anilines is 1. The lowest BCUT2D eigenvalue weighted by Gasteiger charge is -2.26. The number of ketones is 1. The van der Waals surface area contributed by atoms with Gasteiger partial charge in [0, 0.05) is 23.0 Å². The number of halogens is 1. The van der Waals surface area contributed by atoms with E-state index < -0.39 is 17.7 Å². The number of phenols is 1. The second-order valence-electron chi connectivity index (χ2n) is 7.27. The van der Waals surface area contributed by atoms with Crippen molar-refractivity contribution in [3.8, 4) is 11.5 Å².